The van der Waals surface area contributed by atoms with Crippen LogP contribution >= 0.6 is 0 Å². The van der Waals surface area contributed by atoms with Crippen molar-refractivity contribution in [2.75, 3.05) is 25.0 Å². The molecule has 8 heteroatoms. The summed E-state index contributed by atoms with van der Waals surface area (Å²) < 4.78 is 0. The summed E-state index contributed by atoms with van der Waals surface area (Å²) in [6.45, 7) is 1.86. The van der Waals surface area contributed by atoms with Gasteiger partial charge in [-0.15, -0.1) is 0 Å². The second kappa shape index (κ2) is 9.30. The molecule has 5 N–H and O–H groups in total. The van der Waals surface area contributed by atoms with Gasteiger partial charge in [-0.25, -0.2) is 0 Å². The standard InChI is InChI=1S/C26H29N5O3/c27-21(12-19-15-28-23-4-2-1-3-20(19)23)26(34)31-9-7-16(8-10-31)14-29-25(33)17-5-6-22-18(11-17)13-24(32)30-22/h1-6,11,15-16,21,28H,7-10,12-14,27H2,(H,29,33)(H,30,32)/t21-/m0/s1. The molecule has 176 valence electrons. The molecule has 2 aromatic carbocycles. The molecule has 8 nitrogen and oxygen atoms in total. The van der Waals surface area contributed by atoms with E-state index in [0.717, 1.165) is 40.6 Å². The van der Waals surface area contributed by atoms with Gasteiger partial charge in [-0.3, -0.25) is 14.4 Å². The predicted molar refractivity (Wildman–Crippen MR) is 130 cm³/mol. The van der Waals surface area contributed by atoms with Crippen molar-refractivity contribution in [3.8, 4) is 0 Å². The van der Waals surface area contributed by atoms with Crippen molar-refractivity contribution in [1.29, 1.82) is 0 Å². The van der Waals surface area contributed by atoms with Crippen molar-refractivity contribution < 1.29 is 14.4 Å². The molecule has 3 heterocycles. The van der Waals surface area contributed by atoms with Gasteiger partial charge in [-0.2, -0.15) is 0 Å². The number of nitrogens with two attached hydrogens (primary N) is 1. The van der Waals surface area contributed by atoms with Gasteiger partial charge in [0, 0.05) is 48.0 Å². The minimum Gasteiger partial charge on any atom is -0.361 e. The Morgan fingerprint density at radius 2 is 1.94 bits per heavy atom. The molecule has 1 fully saturated rings. The zero-order valence-corrected chi connectivity index (χ0v) is 19.0. The summed E-state index contributed by atoms with van der Waals surface area (Å²) in [5.41, 5.74) is 10.6. The van der Waals surface area contributed by atoms with Crippen molar-refractivity contribution in [3.05, 3.63) is 65.4 Å². The number of amides is 3. The molecule has 34 heavy (non-hydrogen) atoms. The fourth-order valence-electron chi connectivity index (χ4n) is 4.93. The first kappa shape index (κ1) is 22.2. The first-order valence-electron chi connectivity index (χ1n) is 11.8. The van der Waals surface area contributed by atoms with E-state index in [4.69, 9.17) is 5.73 Å². The smallest absolute Gasteiger partial charge is 0.251 e. The van der Waals surface area contributed by atoms with E-state index in [1.54, 1.807) is 18.2 Å². The van der Waals surface area contributed by atoms with Crippen LogP contribution in [0, 0.1) is 5.92 Å². The number of aromatic amines is 1. The molecule has 2 aliphatic rings. The first-order chi connectivity index (χ1) is 16.5. The third-order valence-corrected chi connectivity index (χ3v) is 6.90. The summed E-state index contributed by atoms with van der Waals surface area (Å²) in [5, 5.41) is 6.89. The lowest BCUT2D eigenvalue weighted by Crippen LogP contribution is -2.49. The molecule has 5 rings (SSSR count). The van der Waals surface area contributed by atoms with E-state index in [0.29, 0.717) is 44.0 Å². The number of hydrogen-bond donors (Lipinski definition) is 4. The van der Waals surface area contributed by atoms with Crippen LogP contribution in [-0.4, -0.2) is 53.3 Å². The van der Waals surface area contributed by atoms with Crippen LogP contribution in [-0.2, 0) is 22.4 Å². The molecule has 1 saturated heterocycles. The molecule has 2 aliphatic heterocycles. The number of likely N-dealkylation sites (tertiary alicyclic amines) is 1. The van der Waals surface area contributed by atoms with Gasteiger partial charge in [0.15, 0.2) is 0 Å². The average molecular weight is 460 g/mol. The number of carbonyl (C=O) groups is 3. The van der Waals surface area contributed by atoms with Gasteiger partial charge in [-0.1, -0.05) is 18.2 Å². The van der Waals surface area contributed by atoms with Crippen LogP contribution in [0.15, 0.2) is 48.7 Å². The van der Waals surface area contributed by atoms with Crippen LogP contribution in [0.4, 0.5) is 5.69 Å². The van der Waals surface area contributed by atoms with Crippen LogP contribution in [0.2, 0.25) is 0 Å². The Morgan fingerprint density at radius 1 is 1.15 bits per heavy atom. The number of benzene rings is 2. The highest BCUT2D eigenvalue weighted by atomic mass is 16.2. The topological polar surface area (TPSA) is 120 Å². The number of carbonyl (C=O) groups excluding carboxylic acids is 3. The number of nitrogens with one attached hydrogen (secondary N) is 3. The zero-order chi connectivity index (χ0) is 23.7. The number of piperidine rings is 1. The molecule has 1 atom stereocenters. The van der Waals surface area contributed by atoms with Gasteiger partial charge in [0.25, 0.3) is 5.91 Å². The van der Waals surface area contributed by atoms with Crippen LogP contribution in [0.3, 0.4) is 0 Å². The molecule has 0 saturated carbocycles. The first-order valence-corrected chi connectivity index (χ1v) is 11.8. The summed E-state index contributed by atoms with van der Waals surface area (Å²) >= 11 is 0. The van der Waals surface area contributed by atoms with E-state index >= 15 is 0 Å². The van der Waals surface area contributed by atoms with E-state index in [-0.39, 0.29) is 17.7 Å². The third-order valence-electron chi connectivity index (χ3n) is 6.90. The molecule has 0 unspecified atom stereocenters. The quantitative estimate of drug-likeness (QED) is 0.452. The normalized spacial score (nSPS) is 16.9. The van der Waals surface area contributed by atoms with E-state index in [1.807, 2.05) is 35.4 Å². The summed E-state index contributed by atoms with van der Waals surface area (Å²) in [6.07, 6.45) is 4.40. The van der Waals surface area contributed by atoms with Gasteiger partial charge in [0.1, 0.15) is 0 Å². The highest BCUT2D eigenvalue weighted by molar-refractivity contribution is 6.01. The van der Waals surface area contributed by atoms with Crippen molar-refractivity contribution >= 4 is 34.3 Å². The number of para-hydroxylation sites is 1. The van der Waals surface area contributed by atoms with Crippen molar-refractivity contribution in [3.63, 3.8) is 0 Å². The van der Waals surface area contributed by atoms with Crippen LogP contribution in [0.1, 0.15) is 34.3 Å². The number of fused-ring (bicyclic) bond motifs is 2. The average Bonchev–Trinajstić information content (AvgIpc) is 3.44. The van der Waals surface area contributed by atoms with Gasteiger partial charge < -0.3 is 26.3 Å². The van der Waals surface area contributed by atoms with Crippen molar-refractivity contribution in [2.45, 2.75) is 31.7 Å². The second-order valence-electron chi connectivity index (χ2n) is 9.25. The second-order valence-corrected chi connectivity index (χ2v) is 9.25. The molecule has 3 aromatic rings. The Balaban J connectivity index is 1.09. The Hall–Kier alpha value is -3.65. The van der Waals surface area contributed by atoms with E-state index < -0.39 is 6.04 Å². The highest BCUT2D eigenvalue weighted by Gasteiger charge is 2.27. The van der Waals surface area contributed by atoms with Crippen LogP contribution < -0.4 is 16.4 Å². The predicted octanol–water partition coefficient (Wildman–Crippen LogP) is 2.20. The number of nitrogens with zero attached hydrogens (tertiary/aromatic N) is 1. The van der Waals surface area contributed by atoms with Crippen molar-refractivity contribution in [1.82, 2.24) is 15.2 Å². The fourth-order valence-corrected chi connectivity index (χ4v) is 4.93. The summed E-state index contributed by atoms with van der Waals surface area (Å²) in [5.74, 6) is 0.112. The molecule has 0 spiro atoms. The number of anilines is 1. The third kappa shape index (κ3) is 4.54. The monoisotopic (exact) mass is 459 g/mol. The summed E-state index contributed by atoms with van der Waals surface area (Å²) in [7, 11) is 0. The molecule has 1 aromatic heterocycles. The number of H-pyrrole nitrogens is 1. The Morgan fingerprint density at radius 3 is 2.76 bits per heavy atom. The van der Waals surface area contributed by atoms with Gasteiger partial charge in [0.2, 0.25) is 11.8 Å². The Labute approximate surface area is 197 Å². The minimum atomic E-state index is -0.573. The number of rotatable bonds is 6. The summed E-state index contributed by atoms with van der Waals surface area (Å²) in [6, 6.07) is 12.7. The summed E-state index contributed by atoms with van der Waals surface area (Å²) in [4.78, 5) is 42.1. The minimum absolute atomic E-state index is 0.0194. The SMILES string of the molecule is N[C@@H](Cc1c[nH]c2ccccc12)C(=O)N1CCC(CNC(=O)c2ccc3c(c2)CC(=O)N3)CC1. The Bertz CT molecular complexity index is 1240. The number of hydrogen-bond acceptors (Lipinski definition) is 4. The largest absolute Gasteiger partial charge is 0.361 e. The molecule has 0 bridgehead atoms. The maximum Gasteiger partial charge on any atom is 0.251 e. The molecule has 0 aliphatic carbocycles. The zero-order valence-electron chi connectivity index (χ0n) is 19.0. The van der Waals surface area contributed by atoms with Crippen LogP contribution in [0.5, 0.6) is 0 Å². The fraction of sp³-hybridized carbons (Fsp3) is 0.346. The van der Waals surface area contributed by atoms with Crippen molar-refractivity contribution in [2.24, 2.45) is 11.7 Å². The van der Waals surface area contributed by atoms with Gasteiger partial charge in [0.05, 0.1) is 12.5 Å². The van der Waals surface area contributed by atoms with E-state index in [1.165, 1.54) is 0 Å². The van der Waals surface area contributed by atoms with E-state index in [2.05, 4.69) is 15.6 Å². The van der Waals surface area contributed by atoms with Crippen LogP contribution in [0.25, 0.3) is 10.9 Å². The lowest BCUT2D eigenvalue weighted by atomic mass is 9.95. The maximum atomic E-state index is 12.9. The Kier molecular flexibility index (Phi) is 6.06. The van der Waals surface area contributed by atoms with Gasteiger partial charge in [-0.05, 0) is 60.6 Å². The maximum absolute atomic E-state index is 12.9. The number of aromatic nitrogens is 1. The lowest BCUT2D eigenvalue weighted by Gasteiger charge is -2.33. The van der Waals surface area contributed by atoms with E-state index in [9.17, 15) is 14.4 Å². The molecule has 3 amide bonds. The lowest BCUT2D eigenvalue weighted by molar-refractivity contribution is -0.134. The molecular weight excluding hydrogens is 430 g/mol. The van der Waals surface area contributed by atoms with Gasteiger partial charge >= 0.3 is 0 Å². The highest BCUT2D eigenvalue weighted by Crippen LogP contribution is 2.24. The molecular formula is C26H29N5O3. The molecule has 0 radical (unpaired) electrons.